The number of rotatable bonds is 13. The van der Waals surface area contributed by atoms with E-state index in [1.165, 1.54) is 18.9 Å². The quantitative estimate of drug-likeness (QED) is 0.0633. The average molecular weight is 567 g/mol. The summed E-state index contributed by atoms with van der Waals surface area (Å²) < 4.78 is 22.4. The second-order valence-electron chi connectivity index (χ2n) is 9.52. The van der Waals surface area contributed by atoms with Crippen LogP contribution in [0.15, 0.2) is 96.1 Å². The van der Waals surface area contributed by atoms with Gasteiger partial charge in [-0.3, -0.25) is 4.79 Å². The van der Waals surface area contributed by atoms with E-state index in [0.29, 0.717) is 47.2 Å². The van der Waals surface area contributed by atoms with Gasteiger partial charge in [-0.15, -0.1) is 0 Å². The predicted octanol–water partition coefficient (Wildman–Crippen LogP) is 6.74. The van der Waals surface area contributed by atoms with Gasteiger partial charge in [-0.25, -0.2) is 10.2 Å². The molecule has 0 saturated heterocycles. The molecule has 0 spiro atoms. The number of esters is 1. The third-order valence-corrected chi connectivity index (χ3v) is 6.27. The first kappa shape index (κ1) is 29.9. The van der Waals surface area contributed by atoms with Gasteiger partial charge < -0.3 is 18.9 Å². The van der Waals surface area contributed by atoms with E-state index in [-0.39, 0.29) is 11.7 Å². The summed E-state index contributed by atoms with van der Waals surface area (Å²) in [5.74, 6) is 1.09. The highest BCUT2D eigenvalue weighted by Gasteiger charge is 2.13. The fourth-order valence-electron chi connectivity index (χ4n) is 3.81. The van der Waals surface area contributed by atoms with Crippen LogP contribution in [-0.4, -0.2) is 31.8 Å². The number of nitrogens with one attached hydrogen (secondary N) is 1. The van der Waals surface area contributed by atoms with E-state index >= 15 is 0 Å². The molecule has 4 rings (SSSR count). The molecular weight excluding hydrogens is 532 g/mol. The average Bonchev–Trinajstić information content (AvgIpc) is 3.02. The molecule has 0 aliphatic carbocycles. The van der Waals surface area contributed by atoms with Crippen LogP contribution in [0.2, 0.25) is 0 Å². The molecule has 0 atom stereocenters. The summed E-state index contributed by atoms with van der Waals surface area (Å²) in [6.07, 6.45) is 3.49. The minimum atomic E-state index is -0.520. The highest BCUT2D eigenvalue weighted by atomic mass is 16.6. The van der Waals surface area contributed by atoms with Gasteiger partial charge in [-0.2, -0.15) is 5.10 Å². The number of methoxy groups -OCH3 is 1. The van der Waals surface area contributed by atoms with E-state index in [9.17, 15) is 9.59 Å². The Morgan fingerprint density at radius 1 is 0.810 bits per heavy atom. The third kappa shape index (κ3) is 8.69. The molecule has 0 aliphatic heterocycles. The zero-order valence-corrected chi connectivity index (χ0v) is 24.0. The highest BCUT2D eigenvalue weighted by molar-refractivity contribution is 5.95. The van der Waals surface area contributed by atoms with Gasteiger partial charge in [0.05, 0.1) is 25.5 Å². The van der Waals surface area contributed by atoms with Gasteiger partial charge in [-0.05, 0) is 91.2 Å². The SMILES string of the molecule is CCCCOc1ccc(C(=O)Oc2ccc(/C=N/NC(=O)c3ccc(OCc4ccc(C)cc4)cc3)cc2OC)cc1. The lowest BCUT2D eigenvalue weighted by atomic mass is 10.2. The number of carbonyl (C=O) groups excluding carboxylic acids is 2. The van der Waals surface area contributed by atoms with Gasteiger partial charge in [0, 0.05) is 5.56 Å². The number of hydrogen-bond acceptors (Lipinski definition) is 7. The Morgan fingerprint density at radius 3 is 2.14 bits per heavy atom. The van der Waals surface area contributed by atoms with Crippen molar-refractivity contribution < 1.29 is 28.5 Å². The van der Waals surface area contributed by atoms with Crippen molar-refractivity contribution in [3.63, 3.8) is 0 Å². The van der Waals surface area contributed by atoms with E-state index in [4.69, 9.17) is 18.9 Å². The van der Waals surface area contributed by atoms with Crippen molar-refractivity contribution in [1.82, 2.24) is 5.43 Å². The van der Waals surface area contributed by atoms with Crippen LogP contribution in [-0.2, 0) is 6.61 Å². The Balaban J connectivity index is 1.29. The predicted molar refractivity (Wildman–Crippen MR) is 162 cm³/mol. The van der Waals surface area contributed by atoms with Gasteiger partial charge in [0.25, 0.3) is 5.91 Å². The lowest BCUT2D eigenvalue weighted by Crippen LogP contribution is -2.17. The summed E-state index contributed by atoms with van der Waals surface area (Å²) in [6, 6.07) is 26.7. The highest BCUT2D eigenvalue weighted by Crippen LogP contribution is 2.28. The van der Waals surface area contributed by atoms with Crippen LogP contribution in [0.5, 0.6) is 23.0 Å². The van der Waals surface area contributed by atoms with Crippen LogP contribution < -0.4 is 24.4 Å². The Labute approximate surface area is 245 Å². The Bertz CT molecular complexity index is 1500. The monoisotopic (exact) mass is 566 g/mol. The molecule has 0 aliphatic rings. The lowest BCUT2D eigenvalue weighted by Gasteiger charge is -2.10. The fraction of sp³-hybridized carbons (Fsp3) is 0.206. The van der Waals surface area contributed by atoms with Gasteiger partial charge in [0.2, 0.25) is 0 Å². The maximum Gasteiger partial charge on any atom is 0.343 e. The van der Waals surface area contributed by atoms with Gasteiger partial charge in [0.15, 0.2) is 11.5 Å². The topological polar surface area (TPSA) is 95.5 Å². The van der Waals surface area contributed by atoms with E-state index < -0.39 is 5.97 Å². The maximum atomic E-state index is 12.7. The number of hydrazone groups is 1. The first-order valence-electron chi connectivity index (χ1n) is 13.7. The molecular formula is C34H34N2O6. The van der Waals surface area contributed by atoms with Crippen molar-refractivity contribution in [3.05, 3.63) is 119 Å². The molecule has 0 fully saturated rings. The number of aryl methyl sites for hydroxylation is 1. The summed E-state index contributed by atoms with van der Waals surface area (Å²) in [7, 11) is 1.48. The molecule has 1 amide bonds. The smallest absolute Gasteiger partial charge is 0.343 e. The van der Waals surface area contributed by atoms with E-state index in [1.807, 2.05) is 31.2 Å². The number of unbranched alkanes of at least 4 members (excludes halogenated alkanes) is 1. The number of carbonyl (C=O) groups is 2. The standard InChI is InChI=1S/C34H34N2O6/c1-4-5-20-40-29-17-13-28(14-18-29)34(38)42-31-19-10-26(21-32(31)39-3)22-35-36-33(37)27-11-15-30(16-12-27)41-23-25-8-6-24(2)7-9-25/h6-19,21-22H,4-5,20,23H2,1-3H3,(H,36,37)/b35-22+. The second-order valence-corrected chi connectivity index (χ2v) is 9.52. The summed E-state index contributed by atoms with van der Waals surface area (Å²) >= 11 is 0. The van der Waals surface area contributed by atoms with E-state index in [0.717, 1.165) is 18.4 Å². The molecule has 0 saturated carbocycles. The van der Waals surface area contributed by atoms with Crippen molar-refractivity contribution in [3.8, 4) is 23.0 Å². The van der Waals surface area contributed by atoms with Crippen molar-refractivity contribution in [2.75, 3.05) is 13.7 Å². The molecule has 216 valence electrons. The van der Waals surface area contributed by atoms with Crippen LogP contribution >= 0.6 is 0 Å². The first-order chi connectivity index (χ1) is 20.4. The molecule has 1 N–H and O–H groups in total. The zero-order valence-electron chi connectivity index (χ0n) is 24.0. The van der Waals surface area contributed by atoms with E-state index in [2.05, 4.69) is 17.5 Å². The van der Waals surface area contributed by atoms with Crippen molar-refractivity contribution in [1.29, 1.82) is 0 Å². The van der Waals surface area contributed by atoms with Crippen LogP contribution in [0.4, 0.5) is 0 Å². The number of benzene rings is 4. The zero-order chi connectivity index (χ0) is 29.7. The Morgan fingerprint density at radius 2 is 1.48 bits per heavy atom. The molecule has 0 heterocycles. The molecule has 0 radical (unpaired) electrons. The molecule has 0 unspecified atom stereocenters. The minimum Gasteiger partial charge on any atom is -0.494 e. The normalized spacial score (nSPS) is 10.7. The molecule has 4 aromatic rings. The summed E-state index contributed by atoms with van der Waals surface area (Å²) in [5, 5.41) is 4.04. The minimum absolute atomic E-state index is 0.261. The molecule has 42 heavy (non-hydrogen) atoms. The lowest BCUT2D eigenvalue weighted by molar-refractivity contribution is 0.0729. The summed E-state index contributed by atoms with van der Waals surface area (Å²) in [5.41, 5.74) is 6.24. The number of nitrogens with zero attached hydrogens (tertiary/aromatic N) is 1. The van der Waals surface area contributed by atoms with Crippen molar-refractivity contribution in [2.24, 2.45) is 5.10 Å². The number of ether oxygens (including phenoxy) is 4. The molecule has 8 nitrogen and oxygen atoms in total. The molecule has 4 aromatic carbocycles. The van der Waals surface area contributed by atoms with Gasteiger partial charge in [-0.1, -0.05) is 43.2 Å². The van der Waals surface area contributed by atoms with Gasteiger partial charge in [0.1, 0.15) is 18.1 Å². The summed E-state index contributed by atoms with van der Waals surface area (Å²) in [4.78, 5) is 25.2. The van der Waals surface area contributed by atoms with Crippen LogP contribution in [0.25, 0.3) is 0 Å². The van der Waals surface area contributed by atoms with Crippen molar-refractivity contribution in [2.45, 2.75) is 33.3 Å². The Hall–Kier alpha value is -5.11. The molecule has 8 heteroatoms. The fourth-order valence-corrected chi connectivity index (χ4v) is 3.81. The van der Waals surface area contributed by atoms with Crippen molar-refractivity contribution >= 4 is 18.1 Å². The van der Waals surface area contributed by atoms with Crippen LogP contribution in [0.3, 0.4) is 0 Å². The second kappa shape index (κ2) is 15.0. The Kier molecular flexibility index (Phi) is 10.7. The summed E-state index contributed by atoms with van der Waals surface area (Å²) in [6.45, 7) is 5.21. The van der Waals surface area contributed by atoms with Crippen LogP contribution in [0, 0.1) is 6.92 Å². The van der Waals surface area contributed by atoms with Crippen LogP contribution in [0.1, 0.15) is 57.2 Å². The molecule has 0 bridgehead atoms. The maximum absolute atomic E-state index is 12.7. The number of hydrogen-bond donors (Lipinski definition) is 1. The first-order valence-corrected chi connectivity index (χ1v) is 13.7. The van der Waals surface area contributed by atoms with E-state index in [1.54, 1.807) is 66.7 Å². The molecule has 0 aromatic heterocycles. The largest absolute Gasteiger partial charge is 0.494 e. The number of amides is 1. The van der Waals surface area contributed by atoms with Gasteiger partial charge >= 0.3 is 5.97 Å². The third-order valence-electron chi connectivity index (χ3n) is 6.27.